The van der Waals surface area contributed by atoms with Gasteiger partial charge in [0, 0.05) is 18.8 Å². The summed E-state index contributed by atoms with van der Waals surface area (Å²) in [4.78, 5) is 11.6. The third kappa shape index (κ3) is 3.42. The molecule has 0 fully saturated rings. The van der Waals surface area contributed by atoms with Crippen LogP contribution in [0.5, 0.6) is 0 Å². The quantitative estimate of drug-likeness (QED) is 0.755. The Morgan fingerprint density at radius 1 is 1.33 bits per heavy atom. The van der Waals surface area contributed by atoms with Gasteiger partial charge in [-0.15, -0.1) is 0 Å². The van der Waals surface area contributed by atoms with Gasteiger partial charge in [0.1, 0.15) is 0 Å². The van der Waals surface area contributed by atoms with Crippen molar-refractivity contribution in [1.82, 2.24) is 4.57 Å². The van der Waals surface area contributed by atoms with Crippen LogP contribution in [-0.2, 0) is 6.54 Å². The largest absolute Gasteiger partial charge is 0.397 e. The molecule has 0 aliphatic rings. The molecule has 0 radical (unpaired) electrons. The minimum Gasteiger partial charge on any atom is -0.397 e. The molecule has 1 rings (SSSR count). The highest BCUT2D eigenvalue weighted by Gasteiger charge is 1.99. The molecule has 3 nitrogen and oxygen atoms in total. The monoisotopic (exact) mass is 208 g/mol. The topological polar surface area (TPSA) is 48.0 Å². The van der Waals surface area contributed by atoms with Crippen LogP contribution in [0.15, 0.2) is 17.1 Å². The summed E-state index contributed by atoms with van der Waals surface area (Å²) >= 11 is 0. The highest BCUT2D eigenvalue weighted by Crippen LogP contribution is 2.07. The normalized spacial score (nSPS) is 10.5. The third-order valence-corrected chi connectivity index (χ3v) is 2.63. The Hall–Kier alpha value is -1.25. The highest BCUT2D eigenvalue weighted by atomic mass is 16.1. The zero-order chi connectivity index (χ0) is 11.3. The number of rotatable bonds is 5. The molecule has 84 valence electrons. The number of aromatic nitrogens is 1. The lowest BCUT2D eigenvalue weighted by atomic mass is 10.2. The number of anilines is 1. The molecule has 1 heterocycles. The zero-order valence-electron chi connectivity index (χ0n) is 9.62. The van der Waals surface area contributed by atoms with Gasteiger partial charge in [-0.05, 0) is 18.9 Å². The first-order valence-corrected chi connectivity index (χ1v) is 5.61. The Bertz CT molecular complexity index is 368. The molecule has 0 unspecified atom stereocenters. The maximum Gasteiger partial charge on any atom is 0.250 e. The van der Waals surface area contributed by atoms with Crippen molar-refractivity contribution in [2.24, 2.45) is 0 Å². The van der Waals surface area contributed by atoms with Crippen molar-refractivity contribution in [2.45, 2.75) is 46.1 Å². The lowest BCUT2D eigenvalue weighted by molar-refractivity contribution is 0.571. The molecule has 1 aromatic heterocycles. The van der Waals surface area contributed by atoms with Gasteiger partial charge in [-0.1, -0.05) is 26.2 Å². The Morgan fingerprint density at radius 3 is 2.73 bits per heavy atom. The molecule has 2 N–H and O–H groups in total. The molecule has 0 bridgehead atoms. The van der Waals surface area contributed by atoms with Gasteiger partial charge < -0.3 is 10.3 Å². The van der Waals surface area contributed by atoms with Gasteiger partial charge >= 0.3 is 0 Å². The van der Waals surface area contributed by atoms with Crippen LogP contribution in [0.2, 0.25) is 0 Å². The van der Waals surface area contributed by atoms with Crippen LogP contribution in [0.4, 0.5) is 5.69 Å². The van der Waals surface area contributed by atoms with E-state index >= 15 is 0 Å². The number of hydrogen-bond acceptors (Lipinski definition) is 2. The van der Waals surface area contributed by atoms with Gasteiger partial charge in [-0.2, -0.15) is 0 Å². The molecule has 0 aromatic carbocycles. The summed E-state index contributed by atoms with van der Waals surface area (Å²) < 4.78 is 1.71. The van der Waals surface area contributed by atoms with E-state index in [9.17, 15) is 4.79 Å². The van der Waals surface area contributed by atoms with E-state index in [2.05, 4.69) is 6.92 Å². The lowest BCUT2D eigenvalue weighted by Crippen LogP contribution is -2.20. The van der Waals surface area contributed by atoms with Gasteiger partial charge in [0.05, 0.1) is 5.69 Å². The average molecular weight is 208 g/mol. The maximum absolute atomic E-state index is 11.6. The third-order valence-electron chi connectivity index (χ3n) is 2.63. The number of nitrogens with two attached hydrogens (primary N) is 1. The highest BCUT2D eigenvalue weighted by molar-refractivity contribution is 5.42. The summed E-state index contributed by atoms with van der Waals surface area (Å²) in [5.41, 5.74) is 7.38. The smallest absolute Gasteiger partial charge is 0.250 e. The first kappa shape index (κ1) is 11.8. The first-order chi connectivity index (χ1) is 7.15. The van der Waals surface area contributed by atoms with E-state index in [-0.39, 0.29) is 5.56 Å². The number of aryl methyl sites for hydroxylation is 2. The zero-order valence-corrected chi connectivity index (χ0v) is 9.62. The van der Waals surface area contributed by atoms with E-state index in [1.165, 1.54) is 19.3 Å². The van der Waals surface area contributed by atoms with Gasteiger partial charge in [0.25, 0.3) is 5.56 Å². The van der Waals surface area contributed by atoms with Crippen LogP contribution >= 0.6 is 0 Å². The number of unbranched alkanes of at least 4 members (excludes halogenated alkanes) is 3. The van der Waals surface area contributed by atoms with Crippen molar-refractivity contribution in [3.63, 3.8) is 0 Å². The summed E-state index contributed by atoms with van der Waals surface area (Å²) in [7, 11) is 0. The molecule has 1 aromatic rings. The molecule has 0 saturated heterocycles. The number of pyridine rings is 1. The maximum atomic E-state index is 11.6. The van der Waals surface area contributed by atoms with Crippen LogP contribution in [0.3, 0.4) is 0 Å². The standard InChI is InChI=1S/C12H20N2O/c1-3-4-5-6-7-14-9-11(13)10(2)8-12(14)15/h8-9H,3-7,13H2,1-2H3. The van der Waals surface area contributed by atoms with E-state index in [4.69, 9.17) is 5.73 Å². The second kappa shape index (κ2) is 5.59. The van der Waals surface area contributed by atoms with Gasteiger partial charge in [0.2, 0.25) is 0 Å². The molecule has 0 amide bonds. The molecular weight excluding hydrogens is 188 g/mol. The Morgan fingerprint density at radius 2 is 2.07 bits per heavy atom. The summed E-state index contributed by atoms with van der Waals surface area (Å²) in [6.45, 7) is 4.82. The van der Waals surface area contributed by atoms with Gasteiger partial charge in [0.15, 0.2) is 0 Å². The van der Waals surface area contributed by atoms with Crippen LogP contribution in [-0.4, -0.2) is 4.57 Å². The minimum atomic E-state index is 0.0539. The predicted molar refractivity (Wildman–Crippen MR) is 64.0 cm³/mol. The fourth-order valence-corrected chi connectivity index (χ4v) is 1.57. The average Bonchev–Trinajstić information content (AvgIpc) is 2.20. The Kier molecular flexibility index (Phi) is 4.40. The van der Waals surface area contributed by atoms with Crippen molar-refractivity contribution < 1.29 is 0 Å². The summed E-state index contributed by atoms with van der Waals surface area (Å²) in [6, 6.07) is 1.61. The van der Waals surface area contributed by atoms with Crippen molar-refractivity contribution in [2.75, 3.05) is 5.73 Å². The Labute approximate surface area is 90.9 Å². The molecular formula is C12H20N2O. The van der Waals surface area contributed by atoms with Crippen molar-refractivity contribution in [1.29, 1.82) is 0 Å². The molecule has 15 heavy (non-hydrogen) atoms. The predicted octanol–water partition coefficient (Wildman–Crippen LogP) is 2.32. The van der Waals surface area contributed by atoms with Crippen molar-refractivity contribution >= 4 is 5.69 Å². The molecule has 3 heteroatoms. The molecule has 0 aliphatic carbocycles. The number of nitrogens with zero attached hydrogens (tertiary/aromatic N) is 1. The van der Waals surface area contributed by atoms with E-state index < -0.39 is 0 Å². The van der Waals surface area contributed by atoms with E-state index in [1.54, 1.807) is 16.8 Å². The van der Waals surface area contributed by atoms with Crippen molar-refractivity contribution in [3.05, 3.63) is 28.2 Å². The molecule has 0 aliphatic heterocycles. The first-order valence-electron chi connectivity index (χ1n) is 5.61. The van der Waals surface area contributed by atoms with Crippen LogP contribution in [0.1, 0.15) is 38.2 Å². The Balaban J connectivity index is 2.61. The van der Waals surface area contributed by atoms with E-state index in [0.717, 1.165) is 18.5 Å². The summed E-state index contributed by atoms with van der Waals surface area (Å²) in [5.74, 6) is 0. The fraction of sp³-hybridized carbons (Fsp3) is 0.583. The SMILES string of the molecule is CCCCCCn1cc(N)c(C)cc1=O. The number of nitrogen functional groups attached to an aromatic ring is 1. The molecule has 0 saturated carbocycles. The second-order valence-corrected chi connectivity index (χ2v) is 4.00. The summed E-state index contributed by atoms with van der Waals surface area (Å²) in [6.07, 6.45) is 6.43. The van der Waals surface area contributed by atoms with Crippen molar-refractivity contribution in [3.8, 4) is 0 Å². The number of hydrogen-bond donors (Lipinski definition) is 1. The summed E-state index contributed by atoms with van der Waals surface area (Å²) in [5, 5.41) is 0. The van der Waals surface area contributed by atoms with Gasteiger partial charge in [-0.25, -0.2) is 0 Å². The van der Waals surface area contributed by atoms with E-state index in [0.29, 0.717) is 5.69 Å². The second-order valence-electron chi connectivity index (χ2n) is 4.00. The fourth-order valence-electron chi connectivity index (χ4n) is 1.57. The van der Waals surface area contributed by atoms with Crippen LogP contribution in [0, 0.1) is 6.92 Å². The molecule has 0 atom stereocenters. The lowest BCUT2D eigenvalue weighted by Gasteiger charge is -2.07. The van der Waals surface area contributed by atoms with Crippen LogP contribution in [0.25, 0.3) is 0 Å². The van der Waals surface area contributed by atoms with Gasteiger partial charge in [-0.3, -0.25) is 4.79 Å². The molecule has 0 spiro atoms. The minimum absolute atomic E-state index is 0.0539. The van der Waals surface area contributed by atoms with E-state index in [1.807, 2.05) is 6.92 Å². The van der Waals surface area contributed by atoms with Crippen LogP contribution < -0.4 is 11.3 Å².